The molecule has 0 radical (unpaired) electrons. The van der Waals surface area contributed by atoms with E-state index in [0.29, 0.717) is 24.9 Å². The molecule has 106 valence electrons. The standard InChI is InChI=1S/C14H17N3O3/c1-15-11-3-2-9(8-18)10(6-11)7-16-12-4-5-13(19)17-14(12)20/h2-3,6,8,12,15-16H,4-5,7H2,1H3,(H,17,19,20). The van der Waals surface area contributed by atoms with Crippen LogP contribution in [0.3, 0.4) is 0 Å². The molecule has 0 spiro atoms. The van der Waals surface area contributed by atoms with E-state index >= 15 is 0 Å². The summed E-state index contributed by atoms with van der Waals surface area (Å²) in [6.45, 7) is 0.399. The predicted octanol–water partition coefficient (Wildman–Crippen LogP) is 0.436. The Hall–Kier alpha value is -2.21. The molecule has 3 N–H and O–H groups in total. The van der Waals surface area contributed by atoms with Gasteiger partial charge in [-0.25, -0.2) is 0 Å². The van der Waals surface area contributed by atoms with Gasteiger partial charge in [-0.1, -0.05) is 0 Å². The molecule has 0 bridgehead atoms. The first-order chi connectivity index (χ1) is 9.63. The van der Waals surface area contributed by atoms with Crippen molar-refractivity contribution in [1.29, 1.82) is 0 Å². The molecule has 1 aliphatic heterocycles. The van der Waals surface area contributed by atoms with Crippen LogP contribution in [0.1, 0.15) is 28.8 Å². The summed E-state index contributed by atoms with van der Waals surface area (Å²) in [6, 6.07) is 5.02. The molecule has 1 saturated heterocycles. The highest BCUT2D eigenvalue weighted by Gasteiger charge is 2.25. The molecule has 0 aliphatic carbocycles. The number of hydrogen-bond donors (Lipinski definition) is 3. The van der Waals surface area contributed by atoms with Gasteiger partial charge in [-0.15, -0.1) is 0 Å². The van der Waals surface area contributed by atoms with Gasteiger partial charge in [-0.05, 0) is 30.2 Å². The first-order valence-electron chi connectivity index (χ1n) is 6.47. The number of rotatable bonds is 5. The van der Waals surface area contributed by atoms with Crippen molar-refractivity contribution < 1.29 is 14.4 Å². The maximum absolute atomic E-state index is 11.6. The highest BCUT2D eigenvalue weighted by molar-refractivity contribution is 6.00. The zero-order chi connectivity index (χ0) is 14.5. The maximum Gasteiger partial charge on any atom is 0.243 e. The number of carbonyl (C=O) groups is 3. The number of piperidine rings is 1. The Balaban J connectivity index is 2.04. The number of aldehydes is 1. The summed E-state index contributed by atoms with van der Waals surface area (Å²) in [6.07, 6.45) is 1.61. The van der Waals surface area contributed by atoms with Crippen molar-refractivity contribution in [1.82, 2.24) is 10.6 Å². The summed E-state index contributed by atoms with van der Waals surface area (Å²) in [7, 11) is 1.80. The fraction of sp³-hybridized carbons (Fsp3) is 0.357. The van der Waals surface area contributed by atoms with Gasteiger partial charge in [0.1, 0.15) is 6.29 Å². The Kier molecular flexibility index (Phi) is 4.47. The van der Waals surface area contributed by atoms with Crippen LogP contribution in [0.4, 0.5) is 5.69 Å². The van der Waals surface area contributed by atoms with Crippen molar-refractivity contribution in [2.75, 3.05) is 12.4 Å². The van der Waals surface area contributed by atoms with E-state index < -0.39 is 6.04 Å². The second-order valence-corrected chi connectivity index (χ2v) is 4.67. The summed E-state index contributed by atoms with van der Waals surface area (Å²) in [5, 5.41) is 8.38. The first-order valence-corrected chi connectivity index (χ1v) is 6.47. The van der Waals surface area contributed by atoms with Crippen molar-refractivity contribution in [3.05, 3.63) is 29.3 Å². The van der Waals surface area contributed by atoms with Crippen molar-refractivity contribution in [3.8, 4) is 0 Å². The normalized spacial score (nSPS) is 18.6. The molecule has 20 heavy (non-hydrogen) atoms. The second-order valence-electron chi connectivity index (χ2n) is 4.67. The molecular formula is C14H17N3O3. The van der Waals surface area contributed by atoms with E-state index in [1.54, 1.807) is 13.1 Å². The summed E-state index contributed by atoms with van der Waals surface area (Å²) in [4.78, 5) is 33.7. The fourth-order valence-electron chi connectivity index (χ4n) is 2.15. The van der Waals surface area contributed by atoms with E-state index in [1.807, 2.05) is 12.1 Å². The highest BCUT2D eigenvalue weighted by atomic mass is 16.2. The van der Waals surface area contributed by atoms with Gasteiger partial charge in [0.25, 0.3) is 0 Å². The number of imide groups is 1. The van der Waals surface area contributed by atoms with Gasteiger partial charge in [0.2, 0.25) is 11.8 Å². The smallest absolute Gasteiger partial charge is 0.243 e. The van der Waals surface area contributed by atoms with Crippen LogP contribution < -0.4 is 16.0 Å². The largest absolute Gasteiger partial charge is 0.388 e. The van der Waals surface area contributed by atoms with Gasteiger partial charge in [0.05, 0.1) is 6.04 Å². The summed E-state index contributed by atoms with van der Waals surface area (Å²) in [5.41, 5.74) is 2.30. The van der Waals surface area contributed by atoms with Crippen molar-refractivity contribution >= 4 is 23.8 Å². The Labute approximate surface area is 116 Å². The van der Waals surface area contributed by atoms with Crippen LogP contribution in [-0.4, -0.2) is 31.2 Å². The van der Waals surface area contributed by atoms with E-state index in [0.717, 1.165) is 17.5 Å². The van der Waals surface area contributed by atoms with Crippen LogP contribution in [0.5, 0.6) is 0 Å². The second kappa shape index (κ2) is 6.29. The molecule has 1 unspecified atom stereocenters. The van der Waals surface area contributed by atoms with Crippen molar-refractivity contribution in [2.45, 2.75) is 25.4 Å². The molecule has 1 aliphatic rings. The van der Waals surface area contributed by atoms with E-state index in [9.17, 15) is 14.4 Å². The topological polar surface area (TPSA) is 87.3 Å². The molecule has 6 heteroatoms. The van der Waals surface area contributed by atoms with Crippen molar-refractivity contribution in [2.24, 2.45) is 0 Å². The van der Waals surface area contributed by atoms with Crippen LogP contribution in [-0.2, 0) is 16.1 Å². The summed E-state index contributed by atoms with van der Waals surface area (Å²) >= 11 is 0. The van der Waals surface area contributed by atoms with Crippen LogP contribution in [0, 0.1) is 0 Å². The highest BCUT2D eigenvalue weighted by Crippen LogP contribution is 2.15. The van der Waals surface area contributed by atoms with E-state index in [-0.39, 0.29) is 11.8 Å². The molecular weight excluding hydrogens is 258 g/mol. The Morgan fingerprint density at radius 1 is 1.40 bits per heavy atom. The van der Waals surface area contributed by atoms with Crippen LogP contribution >= 0.6 is 0 Å². The van der Waals surface area contributed by atoms with Crippen LogP contribution in [0.2, 0.25) is 0 Å². The van der Waals surface area contributed by atoms with Gasteiger partial charge in [0.15, 0.2) is 0 Å². The molecule has 1 fully saturated rings. The Morgan fingerprint density at radius 3 is 2.85 bits per heavy atom. The van der Waals surface area contributed by atoms with Gasteiger partial charge in [-0.3, -0.25) is 19.7 Å². The molecule has 1 heterocycles. The third-order valence-electron chi connectivity index (χ3n) is 3.34. The average Bonchev–Trinajstić information content (AvgIpc) is 2.46. The average molecular weight is 275 g/mol. The molecule has 0 saturated carbocycles. The Morgan fingerprint density at radius 2 is 2.20 bits per heavy atom. The molecule has 0 aromatic heterocycles. The lowest BCUT2D eigenvalue weighted by Crippen LogP contribution is -2.50. The number of benzene rings is 1. The number of hydrogen-bond acceptors (Lipinski definition) is 5. The number of carbonyl (C=O) groups excluding carboxylic acids is 3. The minimum absolute atomic E-state index is 0.237. The predicted molar refractivity (Wildman–Crippen MR) is 74.4 cm³/mol. The van der Waals surface area contributed by atoms with Gasteiger partial charge in [0, 0.05) is 31.3 Å². The van der Waals surface area contributed by atoms with E-state index in [4.69, 9.17) is 0 Å². The number of amides is 2. The fourth-order valence-corrected chi connectivity index (χ4v) is 2.15. The third-order valence-corrected chi connectivity index (χ3v) is 3.34. The monoisotopic (exact) mass is 275 g/mol. The summed E-state index contributed by atoms with van der Waals surface area (Å²) < 4.78 is 0. The lowest BCUT2D eigenvalue weighted by atomic mass is 10.0. The van der Waals surface area contributed by atoms with Gasteiger partial charge < -0.3 is 10.6 Å². The summed E-state index contributed by atoms with van der Waals surface area (Å²) in [5.74, 6) is -0.544. The molecule has 1 atom stereocenters. The quantitative estimate of drug-likeness (QED) is 0.536. The Bertz CT molecular complexity index is 542. The van der Waals surface area contributed by atoms with Crippen LogP contribution in [0.25, 0.3) is 0 Å². The van der Waals surface area contributed by atoms with E-state index in [2.05, 4.69) is 16.0 Å². The molecule has 2 rings (SSSR count). The number of anilines is 1. The molecule has 6 nitrogen and oxygen atoms in total. The van der Waals surface area contributed by atoms with E-state index in [1.165, 1.54) is 0 Å². The van der Waals surface area contributed by atoms with Crippen LogP contribution in [0.15, 0.2) is 18.2 Å². The lowest BCUT2D eigenvalue weighted by Gasteiger charge is -2.22. The first kappa shape index (κ1) is 14.2. The van der Waals surface area contributed by atoms with Gasteiger partial charge in [-0.2, -0.15) is 0 Å². The number of nitrogens with one attached hydrogen (secondary N) is 3. The maximum atomic E-state index is 11.6. The minimum atomic E-state index is -0.398. The minimum Gasteiger partial charge on any atom is -0.388 e. The zero-order valence-electron chi connectivity index (χ0n) is 11.2. The SMILES string of the molecule is CNc1ccc(C=O)c(CNC2CCC(=O)NC2=O)c1. The lowest BCUT2D eigenvalue weighted by molar-refractivity contribution is -0.134. The molecule has 1 aromatic rings. The van der Waals surface area contributed by atoms with Gasteiger partial charge >= 0.3 is 0 Å². The zero-order valence-corrected chi connectivity index (χ0v) is 11.2. The molecule has 2 amide bonds. The third kappa shape index (κ3) is 3.21. The van der Waals surface area contributed by atoms with Crippen molar-refractivity contribution in [3.63, 3.8) is 0 Å². The molecule has 1 aromatic carbocycles.